The number of rotatable bonds is 4. The predicted molar refractivity (Wildman–Crippen MR) is 69.5 cm³/mol. The summed E-state index contributed by atoms with van der Waals surface area (Å²) in [5.41, 5.74) is 0.919. The van der Waals surface area contributed by atoms with Gasteiger partial charge in [0, 0.05) is 24.7 Å². The third-order valence-corrected chi connectivity index (χ3v) is 3.19. The first-order valence-electron chi connectivity index (χ1n) is 5.63. The molecule has 5 heteroatoms. The van der Waals surface area contributed by atoms with E-state index in [4.69, 9.17) is 21.1 Å². The van der Waals surface area contributed by atoms with Crippen LogP contribution >= 0.6 is 11.6 Å². The van der Waals surface area contributed by atoms with Crippen molar-refractivity contribution in [1.82, 2.24) is 5.32 Å². The van der Waals surface area contributed by atoms with E-state index in [0.29, 0.717) is 16.8 Å². The smallest absolute Gasteiger partial charge is 0.143 e. The minimum atomic E-state index is 0.426. The summed E-state index contributed by atoms with van der Waals surface area (Å²) in [4.78, 5) is 0. The molecule has 1 unspecified atom stereocenters. The van der Waals surface area contributed by atoms with E-state index >= 15 is 0 Å². The summed E-state index contributed by atoms with van der Waals surface area (Å²) < 4.78 is 10.5. The molecular weight excluding hydrogens is 240 g/mol. The van der Waals surface area contributed by atoms with Crippen LogP contribution in [-0.2, 0) is 0 Å². The molecule has 94 valence electrons. The molecule has 1 aromatic rings. The molecule has 1 atom stereocenters. The van der Waals surface area contributed by atoms with E-state index in [1.807, 2.05) is 6.07 Å². The minimum absolute atomic E-state index is 0.426. The first-order chi connectivity index (χ1) is 8.24. The molecule has 0 radical (unpaired) electrons. The maximum atomic E-state index is 6.05. The summed E-state index contributed by atoms with van der Waals surface area (Å²) in [6, 6.07) is 4.07. The molecular formula is C12H17ClN2O2. The van der Waals surface area contributed by atoms with E-state index in [1.165, 1.54) is 0 Å². The topological polar surface area (TPSA) is 42.5 Å². The van der Waals surface area contributed by atoms with Gasteiger partial charge in [0.1, 0.15) is 11.5 Å². The van der Waals surface area contributed by atoms with Gasteiger partial charge in [-0.15, -0.1) is 0 Å². The standard InChI is InChI=1S/C12H17ClN2O2/c1-16-11-6-10(12(17-2)5-9(11)13)15-8-3-4-14-7-8/h5-6,8,14-15H,3-4,7H2,1-2H3. The zero-order valence-corrected chi connectivity index (χ0v) is 10.8. The average molecular weight is 257 g/mol. The van der Waals surface area contributed by atoms with Gasteiger partial charge < -0.3 is 20.1 Å². The first-order valence-corrected chi connectivity index (χ1v) is 6.01. The van der Waals surface area contributed by atoms with Gasteiger partial charge in [-0.25, -0.2) is 0 Å². The molecule has 1 aliphatic rings. The van der Waals surface area contributed by atoms with Crippen LogP contribution in [0.25, 0.3) is 0 Å². The highest BCUT2D eigenvalue weighted by Crippen LogP contribution is 2.36. The van der Waals surface area contributed by atoms with Crippen LogP contribution in [0.15, 0.2) is 12.1 Å². The second-order valence-corrected chi connectivity index (χ2v) is 4.43. The van der Waals surface area contributed by atoms with Gasteiger partial charge >= 0.3 is 0 Å². The molecule has 0 spiro atoms. The third kappa shape index (κ3) is 2.76. The fourth-order valence-corrected chi connectivity index (χ4v) is 2.20. The van der Waals surface area contributed by atoms with Crippen LogP contribution in [0.1, 0.15) is 6.42 Å². The summed E-state index contributed by atoms with van der Waals surface area (Å²) in [7, 11) is 3.24. The average Bonchev–Trinajstić information content (AvgIpc) is 2.83. The Hall–Kier alpha value is -1.13. The number of halogens is 1. The van der Waals surface area contributed by atoms with Crippen LogP contribution in [0.5, 0.6) is 11.5 Å². The zero-order valence-electron chi connectivity index (χ0n) is 10.0. The van der Waals surface area contributed by atoms with Crippen molar-refractivity contribution in [2.75, 3.05) is 32.6 Å². The van der Waals surface area contributed by atoms with Crippen LogP contribution in [-0.4, -0.2) is 33.4 Å². The van der Waals surface area contributed by atoms with E-state index in [1.54, 1.807) is 20.3 Å². The third-order valence-electron chi connectivity index (χ3n) is 2.89. The summed E-state index contributed by atoms with van der Waals surface area (Å²) in [5.74, 6) is 1.39. The van der Waals surface area contributed by atoms with Crippen LogP contribution in [0.3, 0.4) is 0 Å². The van der Waals surface area contributed by atoms with Crippen LogP contribution < -0.4 is 20.1 Å². The maximum absolute atomic E-state index is 6.05. The van der Waals surface area contributed by atoms with Gasteiger partial charge in [0.05, 0.1) is 24.9 Å². The molecule has 1 fully saturated rings. The van der Waals surface area contributed by atoms with Crippen LogP contribution in [0.2, 0.25) is 5.02 Å². The summed E-state index contributed by atoms with van der Waals surface area (Å²) in [5, 5.41) is 7.30. The Morgan fingerprint density at radius 1 is 1.29 bits per heavy atom. The predicted octanol–water partition coefficient (Wildman–Crippen LogP) is 2.13. The van der Waals surface area contributed by atoms with Crippen molar-refractivity contribution in [1.29, 1.82) is 0 Å². The lowest BCUT2D eigenvalue weighted by Crippen LogP contribution is -2.22. The molecule has 1 aliphatic heterocycles. The largest absolute Gasteiger partial charge is 0.495 e. The highest BCUT2D eigenvalue weighted by molar-refractivity contribution is 6.32. The van der Waals surface area contributed by atoms with Gasteiger partial charge in [0.25, 0.3) is 0 Å². The molecule has 0 bridgehead atoms. The number of anilines is 1. The molecule has 2 N–H and O–H groups in total. The SMILES string of the molecule is COc1cc(NC2CCNC2)c(OC)cc1Cl. The lowest BCUT2D eigenvalue weighted by atomic mass is 10.2. The van der Waals surface area contributed by atoms with Crippen molar-refractivity contribution in [3.05, 3.63) is 17.2 Å². The van der Waals surface area contributed by atoms with Gasteiger partial charge in [-0.2, -0.15) is 0 Å². The van der Waals surface area contributed by atoms with Gasteiger partial charge in [0.15, 0.2) is 0 Å². The van der Waals surface area contributed by atoms with Crippen molar-refractivity contribution in [3.8, 4) is 11.5 Å². The number of benzene rings is 1. The maximum Gasteiger partial charge on any atom is 0.143 e. The molecule has 17 heavy (non-hydrogen) atoms. The number of methoxy groups -OCH3 is 2. The van der Waals surface area contributed by atoms with Crippen molar-refractivity contribution in [2.45, 2.75) is 12.5 Å². The molecule has 0 aliphatic carbocycles. The fraction of sp³-hybridized carbons (Fsp3) is 0.500. The van der Waals surface area contributed by atoms with E-state index in [-0.39, 0.29) is 0 Å². The Kier molecular flexibility index (Phi) is 3.97. The molecule has 1 aromatic carbocycles. The van der Waals surface area contributed by atoms with E-state index in [9.17, 15) is 0 Å². The molecule has 0 saturated carbocycles. The van der Waals surface area contributed by atoms with E-state index < -0.39 is 0 Å². The van der Waals surface area contributed by atoms with Crippen molar-refractivity contribution >= 4 is 17.3 Å². The fourth-order valence-electron chi connectivity index (χ4n) is 1.97. The van der Waals surface area contributed by atoms with Gasteiger partial charge in [-0.1, -0.05) is 11.6 Å². The Morgan fingerprint density at radius 2 is 2.06 bits per heavy atom. The highest BCUT2D eigenvalue weighted by atomic mass is 35.5. The second kappa shape index (κ2) is 5.47. The lowest BCUT2D eigenvalue weighted by molar-refractivity contribution is 0.404. The van der Waals surface area contributed by atoms with Crippen molar-refractivity contribution in [2.24, 2.45) is 0 Å². The highest BCUT2D eigenvalue weighted by Gasteiger charge is 2.17. The second-order valence-electron chi connectivity index (χ2n) is 4.02. The summed E-state index contributed by atoms with van der Waals surface area (Å²) in [6.45, 7) is 2.01. The molecule has 1 saturated heterocycles. The molecule has 0 amide bonds. The first kappa shape index (κ1) is 12.3. The normalized spacial score (nSPS) is 19.1. The molecule has 2 rings (SSSR count). The molecule has 1 heterocycles. The van der Waals surface area contributed by atoms with E-state index in [2.05, 4.69) is 10.6 Å². The van der Waals surface area contributed by atoms with Crippen LogP contribution in [0.4, 0.5) is 5.69 Å². The number of hydrogen-bond donors (Lipinski definition) is 2. The van der Waals surface area contributed by atoms with Crippen LogP contribution in [0, 0.1) is 0 Å². The Balaban J connectivity index is 2.23. The lowest BCUT2D eigenvalue weighted by Gasteiger charge is -2.17. The van der Waals surface area contributed by atoms with Crippen molar-refractivity contribution in [3.63, 3.8) is 0 Å². The zero-order chi connectivity index (χ0) is 12.3. The number of ether oxygens (including phenoxy) is 2. The van der Waals surface area contributed by atoms with Gasteiger partial charge in [0.2, 0.25) is 0 Å². The summed E-state index contributed by atoms with van der Waals surface area (Å²) >= 11 is 6.05. The quantitative estimate of drug-likeness (QED) is 0.866. The minimum Gasteiger partial charge on any atom is -0.495 e. The number of nitrogens with one attached hydrogen (secondary N) is 2. The Labute approximate surface area is 106 Å². The van der Waals surface area contributed by atoms with Gasteiger partial charge in [-0.05, 0) is 13.0 Å². The number of hydrogen-bond acceptors (Lipinski definition) is 4. The Bertz CT molecular complexity index is 392. The van der Waals surface area contributed by atoms with E-state index in [0.717, 1.165) is 30.9 Å². The monoisotopic (exact) mass is 256 g/mol. The Morgan fingerprint density at radius 3 is 2.65 bits per heavy atom. The molecule has 0 aromatic heterocycles. The van der Waals surface area contributed by atoms with Crippen molar-refractivity contribution < 1.29 is 9.47 Å². The molecule has 4 nitrogen and oxygen atoms in total. The summed E-state index contributed by atoms with van der Waals surface area (Å²) in [6.07, 6.45) is 1.11. The van der Waals surface area contributed by atoms with Gasteiger partial charge in [-0.3, -0.25) is 0 Å².